The summed E-state index contributed by atoms with van der Waals surface area (Å²) in [5.74, 6) is -3.30. The summed E-state index contributed by atoms with van der Waals surface area (Å²) >= 11 is 0. The molecule has 2 unspecified atom stereocenters. The summed E-state index contributed by atoms with van der Waals surface area (Å²) in [5, 5.41) is 12.8. The number of hydrogen-bond donors (Lipinski definition) is 3. The maximum Gasteiger partial charge on any atom is 0.490 e. The molecule has 1 aromatic carbocycles. The maximum atomic E-state index is 13.1. The number of nitrogens with one attached hydrogen (secondary N) is 2. The first-order chi connectivity index (χ1) is 18.4. The van der Waals surface area contributed by atoms with Crippen molar-refractivity contribution in [1.29, 1.82) is 0 Å². The smallest absolute Gasteiger partial charge is 0.483 e. The highest BCUT2D eigenvalue weighted by Gasteiger charge is 2.44. The Labute approximate surface area is 221 Å². The van der Waals surface area contributed by atoms with Crippen molar-refractivity contribution in [3.05, 3.63) is 29.3 Å². The Morgan fingerprint density at radius 2 is 1.90 bits per heavy atom. The number of carbonyl (C=O) groups is 5. The molecule has 3 saturated heterocycles. The van der Waals surface area contributed by atoms with Gasteiger partial charge in [0.2, 0.25) is 11.8 Å². The molecule has 4 amide bonds. The van der Waals surface area contributed by atoms with Crippen LogP contribution in [0.1, 0.15) is 54.4 Å². The molecule has 1 aromatic rings. The molecule has 4 aliphatic rings. The molecular formula is C25H29F3N4O7. The Bertz CT molecular complexity index is 1170. The van der Waals surface area contributed by atoms with Crippen LogP contribution < -0.4 is 15.4 Å². The zero-order valence-electron chi connectivity index (χ0n) is 21.0. The number of ether oxygens (including phenoxy) is 1. The number of piperidine rings is 2. The molecule has 14 heteroatoms. The summed E-state index contributed by atoms with van der Waals surface area (Å²) < 4.78 is 37.7. The molecule has 1 spiro atoms. The Balaban J connectivity index is 0.000000448. The molecule has 4 aliphatic heterocycles. The lowest BCUT2D eigenvalue weighted by atomic mass is 9.85. The fourth-order valence-corrected chi connectivity index (χ4v) is 5.57. The average Bonchev–Trinajstić information content (AvgIpc) is 3.48. The Kier molecular flexibility index (Phi) is 8.14. The molecule has 2 atom stereocenters. The fourth-order valence-electron chi connectivity index (χ4n) is 5.57. The van der Waals surface area contributed by atoms with E-state index in [2.05, 4.69) is 10.6 Å². The molecule has 0 aliphatic carbocycles. The number of benzene rings is 1. The summed E-state index contributed by atoms with van der Waals surface area (Å²) in [5.41, 5.74) is 1.07. The Hall–Kier alpha value is -3.68. The van der Waals surface area contributed by atoms with E-state index in [1.807, 2.05) is 4.90 Å². The summed E-state index contributed by atoms with van der Waals surface area (Å²) in [6.07, 6.45) is -0.442. The van der Waals surface area contributed by atoms with Crippen molar-refractivity contribution in [3.63, 3.8) is 0 Å². The van der Waals surface area contributed by atoms with Gasteiger partial charge in [0.15, 0.2) is 6.61 Å². The van der Waals surface area contributed by atoms with Gasteiger partial charge >= 0.3 is 12.1 Å². The summed E-state index contributed by atoms with van der Waals surface area (Å²) in [7, 11) is 0. The number of hydrogen-bond acceptors (Lipinski definition) is 7. The number of carboxylic acid groups (broad SMARTS) is 1. The van der Waals surface area contributed by atoms with Crippen molar-refractivity contribution >= 4 is 29.6 Å². The van der Waals surface area contributed by atoms with E-state index in [0.29, 0.717) is 23.3 Å². The van der Waals surface area contributed by atoms with Crippen LogP contribution in [0, 0.1) is 0 Å². The van der Waals surface area contributed by atoms with Crippen molar-refractivity contribution in [1.82, 2.24) is 20.4 Å². The van der Waals surface area contributed by atoms with E-state index in [4.69, 9.17) is 14.6 Å². The van der Waals surface area contributed by atoms with E-state index < -0.39 is 24.1 Å². The predicted molar refractivity (Wildman–Crippen MR) is 127 cm³/mol. The second-order valence-electron chi connectivity index (χ2n) is 9.93. The van der Waals surface area contributed by atoms with Crippen LogP contribution in [-0.4, -0.2) is 88.5 Å². The zero-order valence-corrected chi connectivity index (χ0v) is 21.0. The molecule has 0 radical (unpaired) electrons. The number of amides is 4. The molecule has 0 aromatic heterocycles. The first-order valence-corrected chi connectivity index (χ1v) is 12.6. The van der Waals surface area contributed by atoms with Crippen molar-refractivity contribution in [2.75, 3.05) is 26.2 Å². The predicted octanol–water partition coefficient (Wildman–Crippen LogP) is 1.20. The lowest BCUT2D eigenvalue weighted by Gasteiger charge is -2.44. The first kappa shape index (κ1) is 28.3. The number of carbonyl (C=O) groups excluding carboxylic acids is 4. The van der Waals surface area contributed by atoms with Gasteiger partial charge in [0, 0.05) is 30.6 Å². The van der Waals surface area contributed by atoms with Gasteiger partial charge < -0.3 is 25.0 Å². The van der Waals surface area contributed by atoms with E-state index in [-0.39, 0.29) is 42.8 Å². The topological polar surface area (TPSA) is 145 Å². The van der Waals surface area contributed by atoms with E-state index in [1.165, 1.54) is 4.90 Å². The third kappa shape index (κ3) is 6.00. The van der Waals surface area contributed by atoms with Crippen LogP contribution in [0.15, 0.2) is 18.2 Å². The van der Waals surface area contributed by atoms with E-state index in [9.17, 15) is 32.3 Å². The summed E-state index contributed by atoms with van der Waals surface area (Å²) in [4.78, 5) is 62.2. The van der Waals surface area contributed by atoms with E-state index in [0.717, 1.165) is 45.3 Å². The van der Waals surface area contributed by atoms with Crippen molar-refractivity contribution < 1.29 is 47.0 Å². The van der Waals surface area contributed by atoms with Gasteiger partial charge in [-0.1, -0.05) is 6.07 Å². The third-order valence-corrected chi connectivity index (χ3v) is 7.50. The van der Waals surface area contributed by atoms with Gasteiger partial charge in [0.05, 0.1) is 12.1 Å². The van der Waals surface area contributed by atoms with Gasteiger partial charge in [-0.25, -0.2) is 4.79 Å². The number of halogens is 3. The van der Waals surface area contributed by atoms with Crippen LogP contribution in [0.4, 0.5) is 13.2 Å². The fraction of sp³-hybridized carbons (Fsp3) is 0.560. The lowest BCUT2D eigenvalue weighted by Crippen LogP contribution is -2.57. The van der Waals surface area contributed by atoms with Crippen LogP contribution >= 0.6 is 0 Å². The number of imide groups is 1. The summed E-state index contributed by atoms with van der Waals surface area (Å²) in [6.45, 7) is 2.65. The van der Waals surface area contributed by atoms with E-state index >= 15 is 0 Å². The van der Waals surface area contributed by atoms with Crippen LogP contribution in [0.5, 0.6) is 5.75 Å². The van der Waals surface area contributed by atoms with Crippen LogP contribution in [0.25, 0.3) is 0 Å². The molecule has 4 heterocycles. The normalized spacial score (nSPS) is 24.7. The molecule has 39 heavy (non-hydrogen) atoms. The van der Waals surface area contributed by atoms with Gasteiger partial charge in [-0.3, -0.25) is 24.5 Å². The average molecular weight is 555 g/mol. The van der Waals surface area contributed by atoms with Crippen LogP contribution in [0.2, 0.25) is 0 Å². The number of likely N-dealkylation sites (tertiary alicyclic amines) is 1. The van der Waals surface area contributed by atoms with Crippen LogP contribution in [-0.2, 0) is 25.7 Å². The Morgan fingerprint density at radius 1 is 1.15 bits per heavy atom. The molecule has 3 N–H and O–H groups in total. The lowest BCUT2D eigenvalue weighted by molar-refractivity contribution is -0.192. The SMILES string of the molecule is O=C(O)C(F)(F)F.O=C1CCC(N2Cc3c(OCC(=O)N4CCCCC45CCNC5)cccc3C2=O)C(=O)N1. The molecular weight excluding hydrogens is 525 g/mol. The minimum Gasteiger partial charge on any atom is -0.483 e. The second kappa shape index (κ2) is 11.2. The minimum atomic E-state index is -5.08. The highest BCUT2D eigenvalue weighted by molar-refractivity contribution is 6.05. The summed E-state index contributed by atoms with van der Waals surface area (Å²) in [6, 6.07) is 4.52. The molecule has 0 bridgehead atoms. The van der Waals surface area contributed by atoms with Gasteiger partial charge in [0.1, 0.15) is 11.8 Å². The monoisotopic (exact) mass is 554 g/mol. The number of aliphatic carboxylic acids is 1. The number of alkyl halides is 3. The highest BCUT2D eigenvalue weighted by atomic mass is 19.4. The van der Waals surface area contributed by atoms with E-state index in [1.54, 1.807) is 18.2 Å². The largest absolute Gasteiger partial charge is 0.490 e. The number of carboxylic acids is 1. The number of nitrogens with zero attached hydrogens (tertiary/aromatic N) is 2. The second-order valence-corrected chi connectivity index (χ2v) is 9.93. The molecule has 11 nitrogen and oxygen atoms in total. The Morgan fingerprint density at radius 3 is 2.54 bits per heavy atom. The number of fused-ring (bicyclic) bond motifs is 1. The van der Waals surface area contributed by atoms with Crippen LogP contribution in [0.3, 0.4) is 0 Å². The third-order valence-electron chi connectivity index (χ3n) is 7.50. The number of rotatable bonds is 4. The van der Waals surface area contributed by atoms with Crippen molar-refractivity contribution in [2.24, 2.45) is 0 Å². The highest BCUT2D eigenvalue weighted by Crippen LogP contribution is 2.35. The molecule has 5 rings (SSSR count). The van der Waals surface area contributed by atoms with Crippen molar-refractivity contribution in [2.45, 2.75) is 62.8 Å². The van der Waals surface area contributed by atoms with Crippen molar-refractivity contribution in [3.8, 4) is 5.75 Å². The minimum absolute atomic E-state index is 0.0302. The quantitative estimate of drug-likeness (QED) is 0.471. The molecule has 0 saturated carbocycles. The maximum absolute atomic E-state index is 13.1. The molecule has 3 fully saturated rings. The molecule has 212 valence electrons. The van der Waals surface area contributed by atoms with Gasteiger partial charge in [-0.05, 0) is 50.8 Å². The van der Waals surface area contributed by atoms with Gasteiger partial charge in [-0.2, -0.15) is 13.2 Å². The van der Waals surface area contributed by atoms with Gasteiger partial charge in [0.25, 0.3) is 11.8 Å². The zero-order chi connectivity index (χ0) is 28.4. The first-order valence-electron chi connectivity index (χ1n) is 12.6. The standard InChI is InChI=1S/C23H28N4O5.C2HF3O2/c28-19-7-6-17(21(30)25-19)26-12-16-15(22(26)31)4-3-5-18(16)32-13-20(29)27-11-2-1-8-23(27)9-10-24-14-23;3-2(4,5)1(6)7/h3-5,17,24H,1-2,6-14H2,(H,25,28,30);(H,6,7). The van der Waals surface area contributed by atoms with Gasteiger partial charge in [-0.15, -0.1) is 0 Å².